The van der Waals surface area contributed by atoms with Crippen molar-refractivity contribution in [1.82, 2.24) is 9.97 Å². The van der Waals surface area contributed by atoms with Gasteiger partial charge in [-0.2, -0.15) is 13.2 Å². The zero-order valence-corrected chi connectivity index (χ0v) is 7.32. The fourth-order valence-electron chi connectivity index (χ4n) is 0.897. The summed E-state index contributed by atoms with van der Waals surface area (Å²) in [5, 5.41) is 0. The summed E-state index contributed by atoms with van der Waals surface area (Å²) in [4.78, 5) is 16.5. The first kappa shape index (κ1) is 11.2. The molecule has 1 aromatic rings. The molecule has 80 valence electrons. The van der Waals surface area contributed by atoms with Gasteiger partial charge < -0.3 is 5.73 Å². The highest BCUT2D eigenvalue weighted by molar-refractivity contribution is 5.74. The maximum atomic E-state index is 12.4. The molecule has 0 aliphatic rings. The molecule has 0 unspecified atom stereocenters. The molecule has 0 aliphatic carbocycles. The van der Waals surface area contributed by atoms with Gasteiger partial charge in [-0.25, -0.2) is 9.97 Å². The molecule has 0 amide bonds. The molecule has 7 heteroatoms. The molecule has 1 aromatic heterocycles. The van der Waals surface area contributed by atoms with Crippen molar-refractivity contribution in [2.24, 2.45) is 0 Å². The van der Waals surface area contributed by atoms with Crippen LogP contribution in [0.1, 0.15) is 11.3 Å². The standard InChI is InChI=1S/C8H6F3N3O/c9-8(10,11)6-5(2-1-3-15)4-13-7(12)14-6/h1-4H,(H2,12,13,14). The van der Waals surface area contributed by atoms with Crippen molar-refractivity contribution < 1.29 is 18.0 Å². The molecule has 0 saturated carbocycles. The van der Waals surface area contributed by atoms with Gasteiger partial charge in [0.25, 0.3) is 0 Å². The van der Waals surface area contributed by atoms with E-state index in [1.165, 1.54) is 0 Å². The summed E-state index contributed by atoms with van der Waals surface area (Å²) in [5.41, 5.74) is 3.58. The van der Waals surface area contributed by atoms with E-state index in [9.17, 15) is 18.0 Å². The Morgan fingerprint density at radius 3 is 2.60 bits per heavy atom. The van der Waals surface area contributed by atoms with Crippen LogP contribution in [-0.4, -0.2) is 16.3 Å². The molecule has 0 aromatic carbocycles. The van der Waals surface area contributed by atoms with Crippen molar-refractivity contribution in [2.45, 2.75) is 6.18 Å². The third kappa shape index (κ3) is 2.76. The second-order valence-electron chi connectivity index (χ2n) is 2.53. The second kappa shape index (κ2) is 4.07. The van der Waals surface area contributed by atoms with Gasteiger partial charge >= 0.3 is 6.18 Å². The Balaban J connectivity index is 3.26. The minimum Gasteiger partial charge on any atom is -0.368 e. The Morgan fingerprint density at radius 2 is 2.07 bits per heavy atom. The van der Waals surface area contributed by atoms with Crippen molar-refractivity contribution >= 4 is 18.3 Å². The quantitative estimate of drug-likeness (QED) is 0.598. The zero-order chi connectivity index (χ0) is 11.5. The normalized spacial score (nSPS) is 11.9. The van der Waals surface area contributed by atoms with E-state index in [0.717, 1.165) is 18.3 Å². The van der Waals surface area contributed by atoms with E-state index in [2.05, 4.69) is 9.97 Å². The number of allylic oxidation sites excluding steroid dienone is 1. The Bertz CT molecular complexity index is 401. The van der Waals surface area contributed by atoms with Crippen LogP contribution >= 0.6 is 0 Å². The van der Waals surface area contributed by atoms with Gasteiger partial charge in [0.15, 0.2) is 5.69 Å². The first-order chi connectivity index (χ1) is 6.95. The van der Waals surface area contributed by atoms with Crippen LogP contribution in [0.4, 0.5) is 19.1 Å². The molecule has 4 nitrogen and oxygen atoms in total. The lowest BCUT2D eigenvalue weighted by Crippen LogP contribution is -2.12. The molecule has 0 bridgehead atoms. The largest absolute Gasteiger partial charge is 0.434 e. The molecular weight excluding hydrogens is 211 g/mol. The second-order valence-corrected chi connectivity index (χ2v) is 2.53. The van der Waals surface area contributed by atoms with Gasteiger partial charge in [-0.15, -0.1) is 0 Å². The maximum Gasteiger partial charge on any atom is 0.434 e. The van der Waals surface area contributed by atoms with Gasteiger partial charge in [0.1, 0.15) is 6.29 Å². The predicted octanol–water partition coefficient (Wildman–Crippen LogP) is 1.29. The van der Waals surface area contributed by atoms with Crippen LogP contribution in [0.3, 0.4) is 0 Å². The highest BCUT2D eigenvalue weighted by Crippen LogP contribution is 2.30. The monoisotopic (exact) mass is 217 g/mol. The number of hydrogen-bond acceptors (Lipinski definition) is 4. The number of alkyl halides is 3. The van der Waals surface area contributed by atoms with Crippen molar-refractivity contribution in [3.63, 3.8) is 0 Å². The molecule has 0 fully saturated rings. The fraction of sp³-hybridized carbons (Fsp3) is 0.125. The molecule has 1 heterocycles. The van der Waals surface area contributed by atoms with Gasteiger partial charge in [0.05, 0.1) is 0 Å². The van der Waals surface area contributed by atoms with Crippen LogP contribution in [0.2, 0.25) is 0 Å². The van der Waals surface area contributed by atoms with Gasteiger partial charge in [0.2, 0.25) is 5.95 Å². The number of carbonyl (C=O) groups is 1. The summed E-state index contributed by atoms with van der Waals surface area (Å²) < 4.78 is 37.2. The summed E-state index contributed by atoms with van der Waals surface area (Å²) in [5.74, 6) is -0.467. The van der Waals surface area contributed by atoms with Gasteiger partial charge in [-0.3, -0.25) is 4.79 Å². The summed E-state index contributed by atoms with van der Waals surface area (Å²) in [6.45, 7) is 0. The number of nitrogen functional groups attached to an aromatic ring is 1. The number of aromatic nitrogens is 2. The molecular formula is C8H6F3N3O. The molecule has 15 heavy (non-hydrogen) atoms. The van der Waals surface area contributed by atoms with Crippen LogP contribution in [0.5, 0.6) is 0 Å². The third-order valence-electron chi connectivity index (χ3n) is 1.46. The van der Waals surface area contributed by atoms with Gasteiger partial charge in [-0.1, -0.05) is 0 Å². The third-order valence-corrected chi connectivity index (χ3v) is 1.46. The number of nitrogens with zero attached hydrogens (tertiary/aromatic N) is 2. The molecule has 2 N–H and O–H groups in total. The number of carbonyl (C=O) groups excluding carboxylic acids is 1. The summed E-state index contributed by atoms with van der Waals surface area (Å²) in [6, 6.07) is 0. The minimum absolute atomic E-state index is 0.302. The molecule has 1 rings (SSSR count). The van der Waals surface area contributed by atoms with E-state index in [-0.39, 0.29) is 5.56 Å². The average molecular weight is 217 g/mol. The van der Waals surface area contributed by atoms with Crippen molar-refractivity contribution in [3.8, 4) is 0 Å². The predicted molar refractivity (Wildman–Crippen MR) is 46.5 cm³/mol. The molecule has 0 atom stereocenters. The Hall–Kier alpha value is -1.92. The zero-order valence-electron chi connectivity index (χ0n) is 7.32. The molecule has 0 saturated heterocycles. The minimum atomic E-state index is -4.63. The molecule has 0 radical (unpaired) electrons. The summed E-state index contributed by atoms with van der Waals surface area (Å²) in [7, 11) is 0. The van der Waals surface area contributed by atoms with E-state index in [1.54, 1.807) is 0 Å². The SMILES string of the molecule is Nc1ncc(C=CC=O)c(C(F)(F)F)n1. The highest BCUT2D eigenvalue weighted by atomic mass is 19.4. The number of halogens is 3. The first-order valence-corrected chi connectivity index (χ1v) is 3.76. The molecule has 0 aliphatic heterocycles. The number of hydrogen-bond donors (Lipinski definition) is 1. The molecule has 0 spiro atoms. The van der Waals surface area contributed by atoms with Crippen LogP contribution in [-0.2, 0) is 11.0 Å². The van der Waals surface area contributed by atoms with Crippen molar-refractivity contribution in [2.75, 3.05) is 5.73 Å². The van der Waals surface area contributed by atoms with E-state index in [1.807, 2.05) is 0 Å². The van der Waals surface area contributed by atoms with Crippen LogP contribution < -0.4 is 5.73 Å². The number of anilines is 1. The lowest BCUT2D eigenvalue weighted by atomic mass is 10.2. The van der Waals surface area contributed by atoms with Gasteiger partial charge in [-0.05, 0) is 12.2 Å². The van der Waals surface area contributed by atoms with Crippen molar-refractivity contribution in [1.29, 1.82) is 0 Å². The van der Waals surface area contributed by atoms with Crippen molar-refractivity contribution in [3.05, 3.63) is 23.5 Å². The number of rotatable bonds is 2. The van der Waals surface area contributed by atoms with E-state index >= 15 is 0 Å². The fourth-order valence-corrected chi connectivity index (χ4v) is 0.897. The van der Waals surface area contributed by atoms with Crippen LogP contribution in [0.25, 0.3) is 6.08 Å². The first-order valence-electron chi connectivity index (χ1n) is 3.76. The smallest absolute Gasteiger partial charge is 0.368 e. The highest BCUT2D eigenvalue weighted by Gasteiger charge is 2.35. The van der Waals surface area contributed by atoms with Crippen LogP contribution in [0.15, 0.2) is 12.3 Å². The number of nitrogens with two attached hydrogens (primary N) is 1. The summed E-state index contributed by atoms with van der Waals surface area (Å²) >= 11 is 0. The maximum absolute atomic E-state index is 12.4. The van der Waals surface area contributed by atoms with E-state index in [4.69, 9.17) is 5.73 Å². The topological polar surface area (TPSA) is 68.9 Å². The summed E-state index contributed by atoms with van der Waals surface area (Å²) in [6.07, 6.45) is -1.47. The lowest BCUT2D eigenvalue weighted by molar-refractivity contribution is -0.141. The average Bonchev–Trinajstić information content (AvgIpc) is 2.14. The number of aldehydes is 1. The van der Waals surface area contributed by atoms with E-state index in [0.29, 0.717) is 6.29 Å². The van der Waals surface area contributed by atoms with E-state index < -0.39 is 17.8 Å². The van der Waals surface area contributed by atoms with Crippen LogP contribution in [0, 0.1) is 0 Å². The lowest BCUT2D eigenvalue weighted by Gasteiger charge is -2.08. The Morgan fingerprint density at radius 1 is 1.40 bits per heavy atom. The Kier molecular flexibility index (Phi) is 3.03. The van der Waals surface area contributed by atoms with Gasteiger partial charge in [0, 0.05) is 11.8 Å². The Labute approximate surface area is 82.6 Å².